The van der Waals surface area contributed by atoms with Crippen LogP contribution < -0.4 is 10.1 Å². The first-order valence-corrected chi connectivity index (χ1v) is 9.33. The number of pyridine rings is 2. The normalized spacial score (nSPS) is 11.6. The van der Waals surface area contributed by atoms with E-state index in [1.54, 1.807) is 37.6 Å². The molecule has 2 aromatic heterocycles. The summed E-state index contributed by atoms with van der Waals surface area (Å²) >= 11 is 12.5. The van der Waals surface area contributed by atoms with Gasteiger partial charge in [-0.05, 0) is 24.3 Å². The van der Waals surface area contributed by atoms with Crippen molar-refractivity contribution in [3.8, 4) is 17.0 Å². The summed E-state index contributed by atoms with van der Waals surface area (Å²) < 4.78 is 23.9. The van der Waals surface area contributed by atoms with Crippen LogP contribution in [-0.2, 0) is 4.74 Å². The average Bonchev–Trinajstić information content (AvgIpc) is 2.60. The fourth-order valence-electron chi connectivity index (χ4n) is 2.48. The Morgan fingerprint density at radius 1 is 1.11 bits per heavy atom. The molecule has 0 aliphatic carbocycles. The van der Waals surface area contributed by atoms with E-state index in [1.165, 1.54) is 6.07 Å². The van der Waals surface area contributed by atoms with Crippen LogP contribution in [0.25, 0.3) is 22.2 Å². The summed E-state index contributed by atoms with van der Waals surface area (Å²) in [6.07, 6.45) is 1.62. The fraction of sp³-hybridized carbons (Fsp3) is 0.222. The summed E-state index contributed by atoms with van der Waals surface area (Å²) in [4.78, 5) is 8.64. The molecule has 0 saturated heterocycles. The largest absolute Gasteiger partial charge is 0.491 e. The van der Waals surface area contributed by atoms with Gasteiger partial charge in [-0.15, -0.1) is 37.9 Å². The van der Waals surface area contributed by atoms with Crippen molar-refractivity contribution in [3.05, 3.63) is 48.4 Å². The molecule has 142 valence electrons. The van der Waals surface area contributed by atoms with Gasteiger partial charge in [0.1, 0.15) is 23.7 Å². The number of ether oxygens (including phenoxy) is 2. The molecule has 0 fully saturated rings. The second-order valence-electron chi connectivity index (χ2n) is 5.70. The molecule has 3 aromatic rings. The number of nitrogens with zero attached hydrogens (tertiary/aromatic N) is 2. The van der Waals surface area contributed by atoms with Crippen molar-refractivity contribution < 1.29 is 13.9 Å². The van der Waals surface area contributed by atoms with E-state index in [4.69, 9.17) is 9.47 Å². The molecule has 3 rings (SSSR count). The van der Waals surface area contributed by atoms with Crippen LogP contribution in [0.4, 0.5) is 10.2 Å². The molecular weight excluding hydrogens is 405 g/mol. The maximum atomic E-state index is 14.5. The zero-order valence-corrected chi connectivity index (χ0v) is 17.1. The van der Waals surface area contributed by atoms with Crippen molar-refractivity contribution in [3.63, 3.8) is 0 Å². The van der Waals surface area contributed by atoms with Crippen molar-refractivity contribution >= 4 is 54.6 Å². The van der Waals surface area contributed by atoms with Gasteiger partial charge in [0.15, 0.2) is 9.35 Å². The van der Waals surface area contributed by atoms with Gasteiger partial charge in [0.2, 0.25) is 0 Å². The molecule has 5 nitrogen and oxygen atoms in total. The maximum Gasteiger partial charge on any atom is 0.171 e. The third-order valence-electron chi connectivity index (χ3n) is 3.63. The monoisotopic (exact) mass is 423 g/mol. The second kappa shape index (κ2) is 8.55. The van der Waals surface area contributed by atoms with Gasteiger partial charge in [-0.25, -0.2) is 14.4 Å². The molecule has 0 bridgehead atoms. The number of hydrogen-bond acceptors (Lipinski definition) is 8. The SMILES string of the molecule is COCCOc1cc(F)c2nc(-c3ccnc(NC(S)(S)S)c3)ccc2c1. The predicted octanol–water partition coefficient (Wildman–Crippen LogP) is 4.27. The average molecular weight is 424 g/mol. The minimum absolute atomic E-state index is 0.268. The van der Waals surface area contributed by atoms with Crippen molar-refractivity contribution in [2.45, 2.75) is 3.54 Å². The lowest BCUT2D eigenvalue weighted by molar-refractivity contribution is 0.146. The number of benzene rings is 1. The van der Waals surface area contributed by atoms with Crippen molar-refractivity contribution in [2.24, 2.45) is 0 Å². The first-order chi connectivity index (χ1) is 12.9. The molecule has 9 heteroatoms. The number of rotatable bonds is 7. The number of fused-ring (bicyclic) bond motifs is 1. The Hall–Kier alpha value is -1.68. The molecule has 1 N–H and O–H groups in total. The molecule has 0 aliphatic rings. The summed E-state index contributed by atoms with van der Waals surface area (Å²) in [6, 6.07) is 10.3. The zero-order valence-electron chi connectivity index (χ0n) is 14.4. The Kier molecular flexibility index (Phi) is 6.36. The quantitative estimate of drug-likeness (QED) is 0.260. The molecular formula is C18H18FN3O2S3. The number of methoxy groups -OCH3 is 1. The Balaban J connectivity index is 1.92. The number of hydrogen-bond donors (Lipinski definition) is 4. The number of halogens is 1. The van der Waals surface area contributed by atoms with Crippen LogP contribution in [-0.4, -0.2) is 33.8 Å². The molecule has 0 aliphatic heterocycles. The van der Waals surface area contributed by atoms with Gasteiger partial charge in [-0.1, -0.05) is 6.07 Å². The maximum absolute atomic E-state index is 14.5. The number of aromatic nitrogens is 2. The van der Waals surface area contributed by atoms with Crippen LogP contribution in [0.5, 0.6) is 5.75 Å². The third kappa shape index (κ3) is 5.41. The van der Waals surface area contributed by atoms with Crippen LogP contribution >= 0.6 is 37.9 Å². The Bertz CT molecular complexity index is 951. The molecule has 0 amide bonds. The van der Waals surface area contributed by atoms with Gasteiger partial charge < -0.3 is 14.8 Å². The van der Waals surface area contributed by atoms with E-state index >= 15 is 0 Å². The van der Waals surface area contributed by atoms with Crippen LogP contribution in [0.2, 0.25) is 0 Å². The summed E-state index contributed by atoms with van der Waals surface area (Å²) in [5, 5.41) is 3.58. The minimum Gasteiger partial charge on any atom is -0.491 e. The van der Waals surface area contributed by atoms with Crippen LogP contribution in [0, 0.1) is 5.82 Å². The van der Waals surface area contributed by atoms with E-state index in [1.807, 2.05) is 6.07 Å². The first-order valence-electron chi connectivity index (χ1n) is 7.99. The van der Waals surface area contributed by atoms with Gasteiger partial charge in [0, 0.05) is 30.3 Å². The van der Waals surface area contributed by atoms with Crippen molar-refractivity contribution in [2.75, 3.05) is 25.6 Å². The van der Waals surface area contributed by atoms with Crippen LogP contribution in [0.1, 0.15) is 0 Å². The number of nitrogens with one attached hydrogen (secondary N) is 1. The molecule has 0 spiro atoms. The third-order valence-corrected chi connectivity index (χ3v) is 3.96. The second-order valence-corrected chi connectivity index (χ2v) is 8.78. The zero-order chi connectivity index (χ0) is 19.4. The van der Waals surface area contributed by atoms with Gasteiger partial charge in [-0.3, -0.25) is 0 Å². The molecule has 27 heavy (non-hydrogen) atoms. The number of thiol groups is 3. The van der Waals surface area contributed by atoms with E-state index in [0.717, 1.165) is 5.56 Å². The molecule has 2 heterocycles. The Labute approximate surface area is 172 Å². The first kappa shape index (κ1) is 20.1. The lowest BCUT2D eigenvalue weighted by atomic mass is 10.1. The molecule has 0 radical (unpaired) electrons. The smallest absolute Gasteiger partial charge is 0.171 e. The highest BCUT2D eigenvalue weighted by Crippen LogP contribution is 2.29. The lowest BCUT2D eigenvalue weighted by Gasteiger charge is -2.18. The van der Waals surface area contributed by atoms with Crippen LogP contribution in [0.15, 0.2) is 42.6 Å². The summed E-state index contributed by atoms with van der Waals surface area (Å²) in [5.41, 5.74) is 1.65. The minimum atomic E-state index is -1.02. The highest BCUT2D eigenvalue weighted by Gasteiger charge is 2.14. The van der Waals surface area contributed by atoms with Gasteiger partial charge >= 0.3 is 0 Å². The van der Waals surface area contributed by atoms with Crippen molar-refractivity contribution in [1.82, 2.24) is 9.97 Å². The van der Waals surface area contributed by atoms with E-state index in [2.05, 4.69) is 53.2 Å². The summed E-state index contributed by atoms with van der Waals surface area (Å²) in [7, 11) is 1.58. The standard InChI is InChI=1S/C18H18FN3O2S3/c1-23-6-7-24-13-8-12-2-3-15(21-17(12)14(19)10-13)11-4-5-20-16(9-11)22-18(25,26)27/h2-5,8-10,25-27H,6-7H2,1H3,(H,20,22). The fourth-order valence-corrected chi connectivity index (χ4v) is 2.83. The van der Waals surface area contributed by atoms with E-state index in [-0.39, 0.29) is 5.52 Å². The van der Waals surface area contributed by atoms with Gasteiger partial charge in [0.25, 0.3) is 0 Å². The van der Waals surface area contributed by atoms with E-state index in [9.17, 15) is 4.39 Å². The van der Waals surface area contributed by atoms with Crippen molar-refractivity contribution in [1.29, 1.82) is 0 Å². The highest BCUT2D eigenvalue weighted by atomic mass is 32.2. The van der Waals surface area contributed by atoms with Gasteiger partial charge in [0.05, 0.1) is 12.3 Å². The summed E-state index contributed by atoms with van der Waals surface area (Å²) in [6.45, 7) is 0.782. The highest BCUT2D eigenvalue weighted by molar-refractivity contribution is 8.17. The van der Waals surface area contributed by atoms with Gasteiger partial charge in [-0.2, -0.15) is 0 Å². The van der Waals surface area contributed by atoms with E-state index < -0.39 is 9.35 Å². The number of anilines is 1. The van der Waals surface area contributed by atoms with Crippen LogP contribution in [0.3, 0.4) is 0 Å². The summed E-state index contributed by atoms with van der Waals surface area (Å²) in [5.74, 6) is 0.515. The molecule has 0 unspecified atom stereocenters. The Morgan fingerprint density at radius 2 is 1.93 bits per heavy atom. The van der Waals surface area contributed by atoms with E-state index in [0.29, 0.717) is 35.9 Å². The molecule has 0 atom stereocenters. The predicted molar refractivity (Wildman–Crippen MR) is 116 cm³/mol. The lowest BCUT2D eigenvalue weighted by Crippen LogP contribution is -2.17. The topological polar surface area (TPSA) is 56.3 Å². The Morgan fingerprint density at radius 3 is 2.67 bits per heavy atom. The molecule has 1 aromatic carbocycles. The molecule has 0 saturated carbocycles.